The Bertz CT molecular complexity index is 778. The fourth-order valence-corrected chi connectivity index (χ4v) is 2.31. The Balaban J connectivity index is 2.09. The largest absolute Gasteiger partial charge is 0.497 e. The molecule has 5 nitrogen and oxygen atoms in total. The Kier molecular flexibility index (Phi) is 3.25. The van der Waals surface area contributed by atoms with E-state index in [0.29, 0.717) is 11.5 Å². The zero-order chi connectivity index (χ0) is 15.0. The molecule has 21 heavy (non-hydrogen) atoms. The molecule has 0 unspecified atom stereocenters. The number of ether oxygens (including phenoxy) is 1. The lowest BCUT2D eigenvalue weighted by Gasteiger charge is -2.19. The number of anilines is 2. The smallest absolute Gasteiger partial charge is 0.231 e. The summed E-state index contributed by atoms with van der Waals surface area (Å²) in [5, 5.41) is 0.913. The number of rotatable bonds is 3. The van der Waals surface area contributed by atoms with E-state index in [0.717, 1.165) is 28.4 Å². The Hall–Kier alpha value is -2.56. The number of furan rings is 1. The van der Waals surface area contributed by atoms with Crippen LogP contribution in [0.5, 0.6) is 5.75 Å². The summed E-state index contributed by atoms with van der Waals surface area (Å²) in [6.45, 7) is 3.77. The molecular formula is C16H17N3O2. The zero-order valence-electron chi connectivity index (χ0n) is 12.5. The topological polar surface area (TPSA) is 51.4 Å². The molecule has 0 aliphatic carbocycles. The van der Waals surface area contributed by atoms with Gasteiger partial charge in [-0.15, -0.1) is 0 Å². The van der Waals surface area contributed by atoms with Crippen LogP contribution in [0.3, 0.4) is 0 Å². The van der Waals surface area contributed by atoms with Gasteiger partial charge in [0.2, 0.25) is 5.71 Å². The molecule has 0 aliphatic rings. The number of hydrogen-bond donors (Lipinski definition) is 0. The van der Waals surface area contributed by atoms with E-state index in [9.17, 15) is 0 Å². The predicted octanol–water partition coefficient (Wildman–Crippen LogP) is 3.62. The highest BCUT2D eigenvalue weighted by Gasteiger charge is 2.15. The second-order valence-corrected chi connectivity index (χ2v) is 4.93. The van der Waals surface area contributed by atoms with Gasteiger partial charge in [0.25, 0.3) is 0 Å². The number of aromatic nitrogens is 2. The molecule has 2 heterocycles. The summed E-state index contributed by atoms with van der Waals surface area (Å²) >= 11 is 0. The average molecular weight is 282 g/mol. The standard InChI is InChI=1S/C16H17N3O2/c1-10-9-14-15(17-11(2)18-16(14)21-10)19(3)12-5-7-13(20-4)8-6-12/h5-9H,1-4H3/i4-1. The summed E-state index contributed by atoms with van der Waals surface area (Å²) in [4.78, 5) is 10.9. The maximum atomic E-state index is 5.61. The number of nitrogens with zero attached hydrogens (tertiary/aromatic N) is 3. The monoisotopic (exact) mass is 282 g/mol. The molecule has 108 valence electrons. The predicted molar refractivity (Wildman–Crippen MR) is 82.3 cm³/mol. The van der Waals surface area contributed by atoms with E-state index in [1.807, 2.05) is 56.1 Å². The highest BCUT2D eigenvalue weighted by molar-refractivity contribution is 5.89. The van der Waals surface area contributed by atoms with Crippen LogP contribution in [-0.2, 0) is 0 Å². The SMILES string of the molecule is Cc1nc(N(C)c2ccc(O[11CH3])cc2)c2cc(C)oc2n1. The van der Waals surface area contributed by atoms with Crippen LogP contribution in [0.25, 0.3) is 11.1 Å². The van der Waals surface area contributed by atoms with Crippen LogP contribution < -0.4 is 9.64 Å². The lowest BCUT2D eigenvalue weighted by atomic mass is 10.2. The van der Waals surface area contributed by atoms with Crippen LogP contribution in [0.2, 0.25) is 0 Å². The minimum atomic E-state index is 0.621. The molecule has 0 aliphatic heterocycles. The number of fused-ring (bicyclic) bond motifs is 1. The van der Waals surface area contributed by atoms with Crippen LogP contribution >= 0.6 is 0 Å². The van der Waals surface area contributed by atoms with Gasteiger partial charge in [0, 0.05) is 12.7 Å². The Morgan fingerprint density at radius 3 is 2.48 bits per heavy atom. The van der Waals surface area contributed by atoms with E-state index >= 15 is 0 Å². The first-order chi connectivity index (χ1) is 10.1. The van der Waals surface area contributed by atoms with Gasteiger partial charge in [0.1, 0.15) is 23.2 Å². The maximum absolute atomic E-state index is 5.61. The minimum absolute atomic E-state index is 0.621. The highest BCUT2D eigenvalue weighted by Crippen LogP contribution is 2.31. The van der Waals surface area contributed by atoms with Crippen molar-refractivity contribution in [3.8, 4) is 5.75 Å². The summed E-state index contributed by atoms with van der Waals surface area (Å²) in [6.07, 6.45) is 0. The van der Waals surface area contributed by atoms with Crippen molar-refractivity contribution in [2.75, 3.05) is 19.1 Å². The van der Waals surface area contributed by atoms with E-state index in [-0.39, 0.29) is 0 Å². The molecule has 2 aromatic heterocycles. The molecule has 0 N–H and O–H groups in total. The van der Waals surface area contributed by atoms with Crippen molar-refractivity contribution in [3.63, 3.8) is 0 Å². The van der Waals surface area contributed by atoms with Gasteiger partial charge in [-0.05, 0) is 44.2 Å². The van der Waals surface area contributed by atoms with Crippen LogP contribution in [0.4, 0.5) is 11.5 Å². The van der Waals surface area contributed by atoms with Gasteiger partial charge in [0.15, 0.2) is 0 Å². The first-order valence-electron chi connectivity index (χ1n) is 6.71. The van der Waals surface area contributed by atoms with Crippen molar-refractivity contribution >= 4 is 22.6 Å². The maximum Gasteiger partial charge on any atom is 0.231 e. The van der Waals surface area contributed by atoms with Crippen LogP contribution in [0.15, 0.2) is 34.7 Å². The van der Waals surface area contributed by atoms with Gasteiger partial charge in [-0.2, -0.15) is 4.98 Å². The molecule has 5 heteroatoms. The Labute approximate surface area is 123 Å². The van der Waals surface area contributed by atoms with Crippen molar-refractivity contribution in [1.82, 2.24) is 9.97 Å². The zero-order valence-corrected chi connectivity index (χ0v) is 12.5. The molecule has 3 rings (SSSR count). The molecule has 0 amide bonds. The summed E-state index contributed by atoms with van der Waals surface area (Å²) in [5.41, 5.74) is 1.64. The van der Waals surface area contributed by atoms with Crippen molar-refractivity contribution in [2.45, 2.75) is 13.8 Å². The molecule has 0 fully saturated rings. The van der Waals surface area contributed by atoms with E-state index in [2.05, 4.69) is 9.97 Å². The molecule has 0 saturated carbocycles. The molecule has 0 saturated heterocycles. The average Bonchev–Trinajstić information content (AvgIpc) is 2.85. The lowest BCUT2D eigenvalue weighted by Crippen LogP contribution is -2.12. The molecule has 0 spiro atoms. The molecule has 0 atom stereocenters. The summed E-state index contributed by atoms with van der Waals surface area (Å²) in [5.74, 6) is 3.18. The molecule has 1 aromatic carbocycles. The van der Waals surface area contributed by atoms with Crippen molar-refractivity contribution in [2.24, 2.45) is 0 Å². The van der Waals surface area contributed by atoms with Crippen molar-refractivity contribution < 1.29 is 9.15 Å². The van der Waals surface area contributed by atoms with E-state index in [1.165, 1.54) is 0 Å². The molecule has 3 aromatic rings. The molecule has 0 radical (unpaired) electrons. The summed E-state index contributed by atoms with van der Waals surface area (Å²) in [6, 6.07) is 9.81. The van der Waals surface area contributed by atoms with Crippen molar-refractivity contribution in [1.29, 1.82) is 0 Å². The second kappa shape index (κ2) is 5.09. The Morgan fingerprint density at radius 1 is 1.10 bits per heavy atom. The number of benzene rings is 1. The quantitative estimate of drug-likeness (QED) is 0.734. The van der Waals surface area contributed by atoms with Crippen LogP contribution in [0, 0.1) is 13.8 Å². The van der Waals surface area contributed by atoms with Gasteiger partial charge < -0.3 is 14.1 Å². The van der Waals surface area contributed by atoms with Gasteiger partial charge in [-0.1, -0.05) is 0 Å². The van der Waals surface area contributed by atoms with Gasteiger partial charge in [0.05, 0.1) is 12.5 Å². The molecule has 0 bridgehead atoms. The van der Waals surface area contributed by atoms with Crippen molar-refractivity contribution in [3.05, 3.63) is 41.9 Å². The van der Waals surface area contributed by atoms with E-state index in [4.69, 9.17) is 9.15 Å². The lowest BCUT2D eigenvalue weighted by molar-refractivity contribution is 0.415. The number of hydrogen-bond acceptors (Lipinski definition) is 5. The first kappa shape index (κ1) is 13.4. The summed E-state index contributed by atoms with van der Waals surface area (Å²) < 4.78 is 10.8. The van der Waals surface area contributed by atoms with E-state index < -0.39 is 0 Å². The van der Waals surface area contributed by atoms with Crippen LogP contribution in [-0.4, -0.2) is 24.1 Å². The molecular weight excluding hydrogens is 265 g/mol. The number of aryl methyl sites for hydroxylation is 2. The third kappa shape index (κ3) is 2.42. The van der Waals surface area contributed by atoms with Crippen LogP contribution in [0.1, 0.15) is 11.6 Å². The third-order valence-electron chi connectivity index (χ3n) is 3.39. The van der Waals surface area contributed by atoms with Gasteiger partial charge in [-0.25, -0.2) is 4.98 Å². The number of methoxy groups -OCH3 is 1. The van der Waals surface area contributed by atoms with E-state index in [1.54, 1.807) is 7.11 Å². The highest BCUT2D eigenvalue weighted by atomic mass is 16.4. The minimum Gasteiger partial charge on any atom is -0.497 e. The fourth-order valence-electron chi connectivity index (χ4n) is 2.31. The first-order valence-corrected chi connectivity index (χ1v) is 6.71. The van der Waals surface area contributed by atoms with Gasteiger partial charge in [-0.3, -0.25) is 0 Å². The Morgan fingerprint density at radius 2 is 1.81 bits per heavy atom. The van der Waals surface area contributed by atoms with Gasteiger partial charge >= 0.3 is 0 Å². The second-order valence-electron chi connectivity index (χ2n) is 4.93. The third-order valence-corrected chi connectivity index (χ3v) is 3.39. The normalized spacial score (nSPS) is 10.9. The fraction of sp³-hybridized carbons (Fsp3) is 0.250. The summed E-state index contributed by atoms with van der Waals surface area (Å²) in [7, 11) is 3.63.